The highest BCUT2D eigenvalue weighted by Crippen LogP contribution is 2.34. The average molecular weight is 681 g/mol. The largest absolute Gasteiger partial charge is 0.453 e. The Hall–Kier alpha value is -5.38. The van der Waals surface area contributed by atoms with Crippen LogP contribution in [-0.2, 0) is 19.1 Å². The van der Waals surface area contributed by atoms with Crippen molar-refractivity contribution in [3.8, 4) is 11.8 Å². The number of methoxy groups -OCH3 is 1. The molecule has 4 amide bonds. The lowest BCUT2D eigenvalue weighted by Crippen LogP contribution is -2.51. The van der Waals surface area contributed by atoms with Gasteiger partial charge in [0.25, 0.3) is 0 Å². The molecule has 6 rings (SSSR count). The fourth-order valence-corrected chi connectivity index (χ4v) is 6.98. The van der Waals surface area contributed by atoms with Crippen LogP contribution >= 0.6 is 0 Å². The lowest BCUT2D eigenvalue weighted by atomic mass is 10.0. The standard InChI is InChI=1S/C37H44N8O5/c1-21(2)31(38-20-46)35(47)44-16-6-8-29(44)33-39-25-14-12-23(18-27(25)41-33)10-11-24-13-15-26-28(19-24)42-34(40-26)30-9-7-17-45(30)36(48)32(22(3)4)43-37(49)50-5/h12-15,18-22,29-32H,6-9,16-17H2,1-5H3,(H,38,46)(H,39,41)(H,40,42)(H,43,49)/t29-,30-,31?,32?/m0/s1. The normalized spacial score (nSPS) is 18.7. The molecule has 0 spiro atoms. The second-order valence-corrected chi connectivity index (χ2v) is 13.7. The van der Waals surface area contributed by atoms with Crippen LogP contribution < -0.4 is 10.6 Å². The van der Waals surface area contributed by atoms with E-state index in [4.69, 9.17) is 14.7 Å². The van der Waals surface area contributed by atoms with E-state index in [1.165, 1.54) is 7.11 Å². The Balaban J connectivity index is 1.18. The number of fused-ring (bicyclic) bond motifs is 2. The quantitative estimate of drug-likeness (QED) is 0.151. The van der Waals surface area contributed by atoms with Gasteiger partial charge >= 0.3 is 6.09 Å². The van der Waals surface area contributed by atoms with Crippen molar-refractivity contribution in [2.24, 2.45) is 11.8 Å². The Labute approximate surface area is 290 Å². The van der Waals surface area contributed by atoms with E-state index in [0.717, 1.165) is 64.7 Å². The van der Waals surface area contributed by atoms with Gasteiger partial charge in [-0.3, -0.25) is 14.4 Å². The van der Waals surface area contributed by atoms with Crippen LogP contribution in [0.15, 0.2) is 36.4 Å². The molecule has 4 N–H and O–H groups in total. The van der Waals surface area contributed by atoms with E-state index < -0.39 is 18.2 Å². The number of aromatic amines is 2. The highest BCUT2D eigenvalue weighted by Gasteiger charge is 2.38. The fraction of sp³-hybridized carbons (Fsp3) is 0.459. The summed E-state index contributed by atoms with van der Waals surface area (Å²) in [6.45, 7) is 8.83. The molecule has 4 atom stereocenters. The number of benzene rings is 2. The number of amides is 4. The minimum atomic E-state index is -0.697. The number of carbonyl (C=O) groups excluding carboxylic acids is 4. The summed E-state index contributed by atoms with van der Waals surface area (Å²) in [6, 6.07) is 9.94. The first-order valence-electron chi connectivity index (χ1n) is 17.2. The van der Waals surface area contributed by atoms with Gasteiger partial charge < -0.3 is 35.1 Å². The summed E-state index contributed by atoms with van der Waals surface area (Å²) >= 11 is 0. The highest BCUT2D eigenvalue weighted by atomic mass is 16.5. The maximum absolute atomic E-state index is 13.5. The summed E-state index contributed by atoms with van der Waals surface area (Å²) in [6.07, 6.45) is 3.22. The number of hydrogen-bond donors (Lipinski definition) is 4. The van der Waals surface area contributed by atoms with Crippen molar-refractivity contribution in [2.75, 3.05) is 20.2 Å². The molecule has 2 saturated heterocycles. The van der Waals surface area contributed by atoms with Gasteiger partial charge in [0.15, 0.2) is 0 Å². The number of carbonyl (C=O) groups is 4. The number of ether oxygens (including phenoxy) is 1. The molecular weight excluding hydrogens is 636 g/mol. The molecule has 0 saturated carbocycles. The van der Waals surface area contributed by atoms with Crippen LogP contribution in [0.5, 0.6) is 0 Å². The van der Waals surface area contributed by atoms with E-state index in [9.17, 15) is 19.2 Å². The number of nitrogens with one attached hydrogen (secondary N) is 4. The van der Waals surface area contributed by atoms with Crippen LogP contribution in [0.25, 0.3) is 22.1 Å². The lowest BCUT2D eigenvalue weighted by Gasteiger charge is -2.29. The number of H-pyrrole nitrogens is 2. The summed E-state index contributed by atoms with van der Waals surface area (Å²) in [5.74, 6) is 7.54. The molecule has 2 aromatic carbocycles. The van der Waals surface area contributed by atoms with E-state index >= 15 is 0 Å². The van der Waals surface area contributed by atoms with Gasteiger partial charge in [0.1, 0.15) is 23.7 Å². The molecule has 2 aromatic heterocycles. The number of rotatable bonds is 9. The molecule has 0 radical (unpaired) electrons. The number of likely N-dealkylation sites (tertiary alicyclic amines) is 2. The van der Waals surface area contributed by atoms with Crippen LogP contribution in [0.4, 0.5) is 4.79 Å². The Bertz CT molecular complexity index is 1970. The zero-order valence-electron chi connectivity index (χ0n) is 29.1. The van der Waals surface area contributed by atoms with Crippen molar-refractivity contribution in [2.45, 2.75) is 77.5 Å². The molecule has 2 unspecified atom stereocenters. The number of nitrogens with zero attached hydrogens (tertiary/aromatic N) is 4. The van der Waals surface area contributed by atoms with E-state index in [-0.39, 0.29) is 35.7 Å². The van der Waals surface area contributed by atoms with E-state index in [1.54, 1.807) is 4.90 Å². The molecule has 2 fully saturated rings. The van der Waals surface area contributed by atoms with Crippen molar-refractivity contribution in [1.29, 1.82) is 0 Å². The van der Waals surface area contributed by atoms with Gasteiger partial charge in [-0.25, -0.2) is 14.8 Å². The summed E-state index contributed by atoms with van der Waals surface area (Å²) in [5, 5.41) is 5.37. The van der Waals surface area contributed by atoms with Crippen molar-refractivity contribution in [3.63, 3.8) is 0 Å². The van der Waals surface area contributed by atoms with E-state index in [2.05, 4.69) is 32.4 Å². The number of imidazole rings is 2. The van der Waals surface area contributed by atoms with E-state index in [0.29, 0.717) is 25.3 Å². The number of aromatic nitrogens is 4. The van der Waals surface area contributed by atoms with Crippen LogP contribution in [0.1, 0.15) is 88.2 Å². The van der Waals surface area contributed by atoms with Crippen LogP contribution in [0.2, 0.25) is 0 Å². The number of hydrogen-bond acceptors (Lipinski definition) is 7. The van der Waals surface area contributed by atoms with Crippen molar-refractivity contribution >= 4 is 46.4 Å². The van der Waals surface area contributed by atoms with Gasteiger partial charge in [-0.1, -0.05) is 39.5 Å². The maximum Gasteiger partial charge on any atom is 0.407 e. The lowest BCUT2D eigenvalue weighted by molar-refractivity contribution is -0.137. The van der Waals surface area contributed by atoms with Gasteiger partial charge in [0, 0.05) is 24.2 Å². The van der Waals surface area contributed by atoms with Gasteiger partial charge in [0.05, 0.1) is 41.3 Å². The molecule has 2 aliphatic heterocycles. The first kappa shape index (κ1) is 34.5. The Morgan fingerprint density at radius 3 is 1.74 bits per heavy atom. The molecule has 4 heterocycles. The molecular formula is C37H44N8O5. The molecule has 2 aliphatic rings. The third-order valence-electron chi connectivity index (χ3n) is 9.63. The first-order chi connectivity index (χ1) is 24.1. The number of alkyl carbamates (subject to hydrolysis) is 1. The maximum atomic E-state index is 13.5. The third-order valence-corrected chi connectivity index (χ3v) is 9.63. The van der Waals surface area contributed by atoms with Crippen LogP contribution in [0, 0.1) is 23.7 Å². The first-order valence-corrected chi connectivity index (χ1v) is 17.2. The zero-order valence-corrected chi connectivity index (χ0v) is 29.1. The topological polar surface area (TPSA) is 165 Å². The van der Waals surface area contributed by atoms with Crippen molar-refractivity contribution < 1.29 is 23.9 Å². The minimum absolute atomic E-state index is 0.0317. The average Bonchev–Trinajstić information content (AvgIpc) is 3.92. The summed E-state index contributed by atoms with van der Waals surface area (Å²) < 4.78 is 4.75. The molecule has 0 bridgehead atoms. The van der Waals surface area contributed by atoms with Crippen LogP contribution in [0.3, 0.4) is 0 Å². The zero-order chi connectivity index (χ0) is 35.5. The Kier molecular flexibility index (Phi) is 10.1. The molecule has 13 nitrogen and oxygen atoms in total. The highest BCUT2D eigenvalue weighted by molar-refractivity contribution is 5.87. The SMILES string of the molecule is COC(=O)NC(C(=O)N1CCC[C@H]1c1nc2cc(C#Cc3ccc4[nH]c([C@@H]5CCCN5C(=O)C(NC=O)C(C)C)nc4c3)ccc2[nH]1)C(C)C. The van der Waals surface area contributed by atoms with Gasteiger partial charge in [-0.05, 0) is 73.9 Å². The van der Waals surface area contributed by atoms with Crippen LogP contribution in [-0.4, -0.2) is 86.3 Å². The second-order valence-electron chi connectivity index (χ2n) is 13.7. The minimum Gasteiger partial charge on any atom is -0.453 e. The van der Waals surface area contributed by atoms with Gasteiger partial charge in [-0.15, -0.1) is 0 Å². The molecule has 0 aliphatic carbocycles. The van der Waals surface area contributed by atoms with E-state index in [1.807, 2.05) is 69.0 Å². The Morgan fingerprint density at radius 1 is 0.820 bits per heavy atom. The second kappa shape index (κ2) is 14.6. The van der Waals surface area contributed by atoms with Crippen molar-refractivity contribution in [3.05, 3.63) is 59.2 Å². The molecule has 13 heteroatoms. The van der Waals surface area contributed by atoms with Crippen molar-refractivity contribution in [1.82, 2.24) is 40.4 Å². The fourth-order valence-electron chi connectivity index (χ4n) is 6.98. The predicted molar refractivity (Wildman–Crippen MR) is 188 cm³/mol. The van der Waals surface area contributed by atoms with Gasteiger partial charge in [-0.2, -0.15) is 0 Å². The van der Waals surface area contributed by atoms with Gasteiger partial charge in [0.2, 0.25) is 18.2 Å². The summed E-state index contributed by atoms with van der Waals surface area (Å²) in [4.78, 5) is 70.1. The molecule has 262 valence electrons. The monoisotopic (exact) mass is 680 g/mol. The smallest absolute Gasteiger partial charge is 0.407 e. The Morgan fingerprint density at radius 2 is 1.30 bits per heavy atom. The third kappa shape index (κ3) is 7.01. The molecule has 50 heavy (non-hydrogen) atoms. The summed E-state index contributed by atoms with van der Waals surface area (Å²) in [7, 11) is 1.28. The molecule has 4 aromatic rings. The summed E-state index contributed by atoms with van der Waals surface area (Å²) in [5.41, 5.74) is 4.83. The predicted octanol–water partition coefficient (Wildman–Crippen LogP) is 4.32.